The Morgan fingerprint density at radius 2 is 1.71 bits per heavy atom. The van der Waals surface area contributed by atoms with Crippen molar-refractivity contribution in [1.82, 2.24) is 4.90 Å². The lowest BCUT2D eigenvalue weighted by molar-refractivity contribution is 0.0737. The minimum Gasteiger partial charge on any atom is -0.332 e. The van der Waals surface area contributed by atoms with E-state index in [0.717, 1.165) is 41.3 Å². The molecule has 3 aromatic carbocycles. The highest BCUT2D eigenvalue weighted by Crippen LogP contribution is 2.34. The molecule has 0 aromatic heterocycles. The van der Waals surface area contributed by atoms with Gasteiger partial charge in [0.2, 0.25) is 0 Å². The first kappa shape index (κ1) is 14.9. The summed E-state index contributed by atoms with van der Waals surface area (Å²) in [5, 5.41) is 2.05. The third-order valence-corrected chi connectivity index (χ3v) is 4.79. The first-order valence-electron chi connectivity index (χ1n) is 8.28. The molecule has 1 saturated heterocycles. The molecule has 0 saturated carbocycles. The summed E-state index contributed by atoms with van der Waals surface area (Å²) in [6.07, 6.45) is 1.89. The standard InChI is InChI=1S/C21H18FNO/c22-17-12-10-16(11-13-17)20-9-4-14-23(20)21(24)19-8-3-6-15-5-1-2-7-18(15)19/h1-3,5-8,10-13,20H,4,9,14H2. The first-order chi connectivity index (χ1) is 11.7. The van der Waals surface area contributed by atoms with E-state index in [1.54, 1.807) is 12.1 Å². The van der Waals surface area contributed by atoms with E-state index in [2.05, 4.69) is 0 Å². The number of amides is 1. The predicted molar refractivity (Wildman–Crippen MR) is 93.4 cm³/mol. The summed E-state index contributed by atoms with van der Waals surface area (Å²) >= 11 is 0. The van der Waals surface area contributed by atoms with Gasteiger partial charge in [0.1, 0.15) is 5.82 Å². The summed E-state index contributed by atoms with van der Waals surface area (Å²) in [5.74, 6) is -0.192. The molecule has 1 aliphatic rings. The van der Waals surface area contributed by atoms with E-state index in [9.17, 15) is 9.18 Å². The minimum absolute atomic E-state index is 0.0251. The molecule has 120 valence electrons. The lowest BCUT2D eigenvalue weighted by Gasteiger charge is -2.25. The molecule has 0 N–H and O–H groups in total. The molecule has 0 bridgehead atoms. The van der Waals surface area contributed by atoms with Crippen molar-refractivity contribution in [3.8, 4) is 0 Å². The van der Waals surface area contributed by atoms with Crippen molar-refractivity contribution >= 4 is 16.7 Å². The van der Waals surface area contributed by atoms with Crippen molar-refractivity contribution in [2.24, 2.45) is 0 Å². The molecule has 1 atom stereocenters. The SMILES string of the molecule is O=C(c1cccc2ccccc12)N1CCCC1c1ccc(F)cc1. The maximum Gasteiger partial charge on any atom is 0.254 e. The molecule has 1 fully saturated rings. The minimum atomic E-state index is -0.247. The quantitative estimate of drug-likeness (QED) is 0.654. The number of halogens is 1. The highest BCUT2D eigenvalue weighted by atomic mass is 19.1. The number of likely N-dealkylation sites (tertiary alicyclic amines) is 1. The molecule has 0 spiro atoms. The largest absolute Gasteiger partial charge is 0.332 e. The van der Waals surface area contributed by atoms with Crippen LogP contribution in [0.25, 0.3) is 10.8 Å². The second kappa shape index (κ2) is 6.08. The van der Waals surface area contributed by atoms with Gasteiger partial charge < -0.3 is 4.90 Å². The lowest BCUT2D eigenvalue weighted by atomic mass is 10.0. The Labute approximate surface area is 140 Å². The van der Waals surface area contributed by atoms with Gasteiger partial charge in [-0.25, -0.2) is 4.39 Å². The Bertz CT molecular complexity index is 882. The highest BCUT2D eigenvalue weighted by Gasteiger charge is 2.31. The number of nitrogens with zero attached hydrogens (tertiary/aromatic N) is 1. The number of fused-ring (bicyclic) bond motifs is 1. The zero-order valence-corrected chi connectivity index (χ0v) is 13.3. The van der Waals surface area contributed by atoms with Crippen molar-refractivity contribution in [2.75, 3.05) is 6.54 Å². The fourth-order valence-electron chi connectivity index (χ4n) is 3.61. The van der Waals surface area contributed by atoms with Crippen LogP contribution in [0, 0.1) is 5.82 Å². The summed E-state index contributed by atoms with van der Waals surface area (Å²) in [7, 11) is 0. The van der Waals surface area contributed by atoms with E-state index < -0.39 is 0 Å². The van der Waals surface area contributed by atoms with Crippen LogP contribution >= 0.6 is 0 Å². The van der Waals surface area contributed by atoms with Crippen LogP contribution < -0.4 is 0 Å². The normalized spacial score (nSPS) is 17.4. The maximum absolute atomic E-state index is 13.2. The second-order valence-corrected chi connectivity index (χ2v) is 6.23. The van der Waals surface area contributed by atoms with Gasteiger partial charge >= 0.3 is 0 Å². The summed E-state index contributed by atoms with van der Waals surface area (Å²) in [4.78, 5) is 15.1. The zero-order chi connectivity index (χ0) is 16.5. The summed E-state index contributed by atoms with van der Waals surface area (Å²) in [5.41, 5.74) is 1.74. The molecule has 4 rings (SSSR count). The van der Waals surface area contributed by atoms with E-state index >= 15 is 0 Å². The summed E-state index contributed by atoms with van der Waals surface area (Å²) in [6.45, 7) is 0.740. The molecule has 0 radical (unpaired) electrons. The van der Waals surface area contributed by atoms with Gasteiger partial charge in [-0.2, -0.15) is 0 Å². The lowest BCUT2D eigenvalue weighted by Crippen LogP contribution is -2.30. The Kier molecular flexibility index (Phi) is 3.77. The molecule has 24 heavy (non-hydrogen) atoms. The van der Waals surface area contributed by atoms with E-state index in [4.69, 9.17) is 0 Å². The fourth-order valence-corrected chi connectivity index (χ4v) is 3.61. The molecule has 1 heterocycles. The average molecular weight is 319 g/mol. The van der Waals surface area contributed by atoms with E-state index in [-0.39, 0.29) is 17.8 Å². The van der Waals surface area contributed by atoms with E-state index in [1.807, 2.05) is 47.4 Å². The van der Waals surface area contributed by atoms with Crippen molar-refractivity contribution < 1.29 is 9.18 Å². The number of benzene rings is 3. The number of hydrogen-bond donors (Lipinski definition) is 0. The van der Waals surface area contributed by atoms with Crippen LogP contribution in [-0.2, 0) is 0 Å². The molecule has 0 aliphatic carbocycles. The first-order valence-corrected chi connectivity index (χ1v) is 8.28. The van der Waals surface area contributed by atoms with Gasteiger partial charge in [0.15, 0.2) is 0 Å². The third kappa shape index (κ3) is 2.56. The van der Waals surface area contributed by atoms with Gasteiger partial charge in [-0.3, -0.25) is 4.79 Å². The van der Waals surface area contributed by atoms with Crippen molar-refractivity contribution in [1.29, 1.82) is 0 Å². The highest BCUT2D eigenvalue weighted by molar-refractivity contribution is 6.07. The molecule has 3 heteroatoms. The predicted octanol–water partition coefficient (Wildman–Crippen LogP) is 4.96. The Morgan fingerprint density at radius 1 is 0.958 bits per heavy atom. The van der Waals surface area contributed by atoms with Crippen molar-refractivity contribution in [3.63, 3.8) is 0 Å². The molecular weight excluding hydrogens is 301 g/mol. The van der Waals surface area contributed by atoms with Crippen molar-refractivity contribution in [3.05, 3.63) is 83.7 Å². The topological polar surface area (TPSA) is 20.3 Å². The van der Waals surface area contributed by atoms with E-state index in [1.165, 1.54) is 12.1 Å². The average Bonchev–Trinajstić information content (AvgIpc) is 3.11. The summed E-state index contributed by atoms with van der Waals surface area (Å²) in [6, 6.07) is 20.3. The Hall–Kier alpha value is -2.68. The Morgan fingerprint density at radius 3 is 2.54 bits per heavy atom. The van der Waals surface area contributed by atoms with E-state index in [0.29, 0.717) is 0 Å². The maximum atomic E-state index is 13.2. The monoisotopic (exact) mass is 319 g/mol. The number of hydrogen-bond acceptors (Lipinski definition) is 1. The zero-order valence-electron chi connectivity index (χ0n) is 13.3. The van der Waals surface area contributed by atoms with Gasteiger partial charge in [-0.05, 0) is 47.4 Å². The van der Waals surface area contributed by atoms with Crippen LogP contribution in [0.4, 0.5) is 4.39 Å². The molecule has 1 aliphatic heterocycles. The molecular formula is C21H18FNO. The summed E-state index contributed by atoms with van der Waals surface area (Å²) < 4.78 is 13.2. The number of carbonyl (C=O) groups excluding carboxylic acids is 1. The van der Waals surface area contributed by atoms with Crippen molar-refractivity contribution in [2.45, 2.75) is 18.9 Å². The van der Waals surface area contributed by atoms with Crippen LogP contribution in [0.1, 0.15) is 34.8 Å². The van der Waals surface area contributed by atoms with Crippen LogP contribution in [0.15, 0.2) is 66.7 Å². The van der Waals surface area contributed by atoms with Gasteiger partial charge in [0.05, 0.1) is 6.04 Å². The molecule has 3 aromatic rings. The van der Waals surface area contributed by atoms with Gasteiger partial charge in [0.25, 0.3) is 5.91 Å². The van der Waals surface area contributed by atoms with Gasteiger partial charge in [-0.1, -0.05) is 48.5 Å². The Balaban J connectivity index is 1.71. The second-order valence-electron chi connectivity index (χ2n) is 6.23. The van der Waals surface area contributed by atoms with Crippen LogP contribution in [0.2, 0.25) is 0 Å². The van der Waals surface area contributed by atoms with Crippen LogP contribution in [-0.4, -0.2) is 17.4 Å². The molecule has 2 nitrogen and oxygen atoms in total. The molecule has 1 amide bonds. The van der Waals surface area contributed by atoms with Crippen LogP contribution in [0.3, 0.4) is 0 Å². The smallest absolute Gasteiger partial charge is 0.254 e. The molecule has 1 unspecified atom stereocenters. The number of carbonyl (C=O) groups is 1. The number of rotatable bonds is 2. The van der Waals surface area contributed by atoms with Crippen LogP contribution in [0.5, 0.6) is 0 Å². The van der Waals surface area contributed by atoms with Gasteiger partial charge in [0, 0.05) is 12.1 Å². The van der Waals surface area contributed by atoms with Gasteiger partial charge in [-0.15, -0.1) is 0 Å². The third-order valence-electron chi connectivity index (χ3n) is 4.79. The fraction of sp³-hybridized carbons (Fsp3) is 0.190.